The highest BCUT2D eigenvalue weighted by Gasteiger charge is 2.18. The fourth-order valence-electron chi connectivity index (χ4n) is 3.34. The first-order chi connectivity index (χ1) is 12.8. The van der Waals surface area contributed by atoms with Gasteiger partial charge in [0, 0.05) is 11.6 Å². The van der Waals surface area contributed by atoms with Crippen LogP contribution in [-0.2, 0) is 10.2 Å². The van der Waals surface area contributed by atoms with E-state index in [1.54, 1.807) is 0 Å². The molecule has 0 spiro atoms. The molecule has 0 unspecified atom stereocenters. The van der Waals surface area contributed by atoms with Gasteiger partial charge in [-0.25, -0.2) is 4.68 Å². The average molecular weight is 388 g/mol. The minimum absolute atomic E-state index is 0.0333. The molecule has 146 valence electrons. The Bertz CT molecular complexity index is 773. The number of rotatable bonds is 5. The van der Waals surface area contributed by atoms with Crippen LogP contribution in [0, 0.1) is 0 Å². The van der Waals surface area contributed by atoms with Crippen LogP contribution in [0.1, 0.15) is 58.4 Å². The van der Waals surface area contributed by atoms with Crippen molar-refractivity contribution in [2.75, 3.05) is 11.6 Å². The highest BCUT2D eigenvalue weighted by atomic mass is 32.2. The van der Waals surface area contributed by atoms with Crippen molar-refractivity contribution in [3.8, 4) is 11.4 Å². The van der Waals surface area contributed by atoms with Gasteiger partial charge in [-0.05, 0) is 23.8 Å². The molecule has 0 bridgehead atoms. The van der Waals surface area contributed by atoms with Gasteiger partial charge in [-0.3, -0.25) is 4.79 Å². The molecule has 27 heavy (non-hydrogen) atoms. The van der Waals surface area contributed by atoms with Gasteiger partial charge in [-0.1, -0.05) is 76.1 Å². The highest BCUT2D eigenvalue weighted by molar-refractivity contribution is 7.99. The van der Waals surface area contributed by atoms with Crippen molar-refractivity contribution < 1.29 is 4.79 Å². The van der Waals surface area contributed by atoms with Crippen molar-refractivity contribution in [2.45, 2.75) is 69.5 Å². The Labute approximate surface area is 165 Å². The van der Waals surface area contributed by atoms with Crippen molar-refractivity contribution in [1.82, 2.24) is 20.2 Å². The Kier molecular flexibility index (Phi) is 6.09. The molecule has 0 radical (unpaired) electrons. The van der Waals surface area contributed by atoms with E-state index in [1.807, 2.05) is 12.1 Å². The molecule has 1 aliphatic rings. The van der Waals surface area contributed by atoms with E-state index in [0.29, 0.717) is 22.8 Å². The molecule has 7 heteroatoms. The van der Waals surface area contributed by atoms with Crippen LogP contribution in [0.4, 0.5) is 0 Å². The van der Waals surface area contributed by atoms with Gasteiger partial charge in [0.2, 0.25) is 11.1 Å². The zero-order valence-corrected chi connectivity index (χ0v) is 17.2. The summed E-state index contributed by atoms with van der Waals surface area (Å²) in [5.41, 5.74) is 2.27. The van der Waals surface area contributed by atoms with Gasteiger partial charge in [-0.15, -0.1) is 10.2 Å². The van der Waals surface area contributed by atoms with E-state index in [2.05, 4.69) is 48.4 Å². The maximum absolute atomic E-state index is 12.2. The molecule has 3 N–H and O–H groups in total. The Morgan fingerprint density at radius 1 is 1.19 bits per heavy atom. The standard InChI is InChI=1S/C20H29N5OS/c1-20(2,3)15-11-9-14(10-12-15)18-23-24-19(25(18)21)27-13-17(26)22-16-7-5-4-6-8-16/h9-12,16H,4-8,13,21H2,1-3H3,(H,22,26). The van der Waals surface area contributed by atoms with Crippen molar-refractivity contribution in [1.29, 1.82) is 0 Å². The summed E-state index contributed by atoms with van der Waals surface area (Å²) in [5.74, 6) is 7.10. The third kappa shape index (κ3) is 5.03. The van der Waals surface area contributed by atoms with E-state index in [4.69, 9.17) is 5.84 Å². The van der Waals surface area contributed by atoms with Crippen molar-refractivity contribution in [3.63, 3.8) is 0 Å². The second kappa shape index (κ2) is 8.33. The van der Waals surface area contributed by atoms with E-state index in [-0.39, 0.29) is 11.3 Å². The number of nitrogens with one attached hydrogen (secondary N) is 1. The van der Waals surface area contributed by atoms with E-state index in [1.165, 1.54) is 41.3 Å². The second-order valence-corrected chi connectivity index (χ2v) is 9.14. The Balaban J connectivity index is 1.60. The van der Waals surface area contributed by atoms with Crippen molar-refractivity contribution in [2.24, 2.45) is 0 Å². The predicted octanol–water partition coefficient (Wildman–Crippen LogP) is 3.50. The molecule has 0 atom stereocenters. The molecule has 1 saturated carbocycles. The van der Waals surface area contributed by atoms with Crippen LogP contribution >= 0.6 is 11.8 Å². The predicted molar refractivity (Wildman–Crippen MR) is 110 cm³/mol. The van der Waals surface area contributed by atoms with Crippen LogP contribution in [-0.4, -0.2) is 32.6 Å². The highest BCUT2D eigenvalue weighted by Crippen LogP contribution is 2.26. The molecule has 1 fully saturated rings. The zero-order chi connectivity index (χ0) is 19.4. The first kappa shape index (κ1) is 19.7. The van der Waals surface area contributed by atoms with Crippen molar-refractivity contribution in [3.05, 3.63) is 29.8 Å². The fourth-order valence-corrected chi connectivity index (χ4v) is 4.01. The summed E-state index contributed by atoms with van der Waals surface area (Å²) in [6, 6.07) is 8.53. The topological polar surface area (TPSA) is 85.8 Å². The number of benzene rings is 1. The molecule has 1 amide bonds. The smallest absolute Gasteiger partial charge is 0.230 e. The number of hydrogen-bond donors (Lipinski definition) is 2. The van der Waals surface area contributed by atoms with E-state index in [9.17, 15) is 4.79 Å². The molecule has 2 aromatic rings. The third-order valence-corrected chi connectivity index (χ3v) is 5.92. The normalized spacial score (nSPS) is 15.7. The summed E-state index contributed by atoms with van der Waals surface area (Å²) in [6.07, 6.45) is 5.84. The van der Waals surface area contributed by atoms with Gasteiger partial charge < -0.3 is 11.2 Å². The number of nitrogen functional groups attached to an aromatic ring is 1. The SMILES string of the molecule is CC(C)(C)c1ccc(-c2nnc(SCC(=O)NC3CCCCC3)n2N)cc1. The Morgan fingerprint density at radius 3 is 2.48 bits per heavy atom. The summed E-state index contributed by atoms with van der Waals surface area (Å²) in [4.78, 5) is 12.2. The molecular weight excluding hydrogens is 358 g/mol. The monoisotopic (exact) mass is 387 g/mol. The summed E-state index contributed by atoms with van der Waals surface area (Å²) < 4.78 is 1.46. The van der Waals surface area contributed by atoms with Crippen LogP contribution in [0.5, 0.6) is 0 Å². The van der Waals surface area contributed by atoms with Gasteiger partial charge in [0.25, 0.3) is 0 Å². The minimum Gasteiger partial charge on any atom is -0.353 e. The Morgan fingerprint density at radius 2 is 1.85 bits per heavy atom. The number of amides is 1. The van der Waals surface area contributed by atoms with Gasteiger partial charge in [0.05, 0.1) is 5.75 Å². The molecular formula is C20H29N5OS. The van der Waals surface area contributed by atoms with Gasteiger partial charge in [0.15, 0.2) is 5.82 Å². The van der Waals surface area contributed by atoms with E-state index >= 15 is 0 Å². The second-order valence-electron chi connectivity index (χ2n) is 8.19. The molecule has 6 nitrogen and oxygen atoms in total. The number of carbonyl (C=O) groups excluding carboxylic acids is 1. The van der Waals surface area contributed by atoms with Gasteiger partial charge in [-0.2, -0.15) is 0 Å². The molecule has 0 saturated heterocycles. The minimum atomic E-state index is 0.0333. The number of aromatic nitrogens is 3. The van der Waals surface area contributed by atoms with Gasteiger partial charge >= 0.3 is 0 Å². The van der Waals surface area contributed by atoms with Crippen LogP contribution in [0.2, 0.25) is 0 Å². The van der Waals surface area contributed by atoms with Crippen LogP contribution in [0.15, 0.2) is 29.4 Å². The molecule has 1 aromatic heterocycles. The number of thioether (sulfide) groups is 1. The van der Waals surface area contributed by atoms with Gasteiger partial charge in [0.1, 0.15) is 0 Å². The maximum Gasteiger partial charge on any atom is 0.230 e. The summed E-state index contributed by atoms with van der Waals surface area (Å²) in [7, 11) is 0. The quantitative estimate of drug-likeness (QED) is 0.606. The van der Waals surface area contributed by atoms with Crippen LogP contribution < -0.4 is 11.2 Å². The lowest BCUT2D eigenvalue weighted by atomic mass is 9.87. The largest absolute Gasteiger partial charge is 0.353 e. The molecule has 3 rings (SSSR count). The van der Waals surface area contributed by atoms with Crippen LogP contribution in [0.3, 0.4) is 0 Å². The third-order valence-electron chi connectivity index (χ3n) is 4.98. The first-order valence-corrected chi connectivity index (χ1v) is 10.6. The molecule has 1 aliphatic carbocycles. The van der Waals surface area contributed by atoms with Crippen molar-refractivity contribution >= 4 is 17.7 Å². The maximum atomic E-state index is 12.2. The molecule has 1 heterocycles. The molecule has 1 aromatic carbocycles. The number of nitrogens with two attached hydrogens (primary N) is 1. The van der Waals surface area contributed by atoms with E-state index in [0.717, 1.165) is 18.4 Å². The number of carbonyl (C=O) groups is 1. The van der Waals surface area contributed by atoms with E-state index < -0.39 is 0 Å². The zero-order valence-electron chi connectivity index (χ0n) is 16.4. The fraction of sp³-hybridized carbons (Fsp3) is 0.550. The summed E-state index contributed by atoms with van der Waals surface area (Å²) >= 11 is 1.32. The Hall–Kier alpha value is -2.02. The number of nitrogens with zero attached hydrogens (tertiary/aromatic N) is 3. The molecule has 0 aliphatic heterocycles. The lowest BCUT2D eigenvalue weighted by molar-refractivity contribution is -0.119. The lowest BCUT2D eigenvalue weighted by Crippen LogP contribution is -2.37. The van der Waals surface area contributed by atoms with Crippen LogP contribution in [0.25, 0.3) is 11.4 Å². The summed E-state index contributed by atoms with van der Waals surface area (Å²) in [6.45, 7) is 6.54. The average Bonchev–Trinajstić information content (AvgIpc) is 3.01. The first-order valence-electron chi connectivity index (χ1n) is 9.58. The number of hydrogen-bond acceptors (Lipinski definition) is 5. The lowest BCUT2D eigenvalue weighted by Gasteiger charge is -2.22. The summed E-state index contributed by atoms with van der Waals surface area (Å²) in [5, 5.41) is 12.0.